The Bertz CT molecular complexity index is 895. The predicted octanol–water partition coefficient (Wildman–Crippen LogP) is 3.18. The maximum Gasteiger partial charge on any atom is 0.241 e. The van der Waals surface area contributed by atoms with Crippen LogP contribution in [0.1, 0.15) is 30.0 Å². The van der Waals surface area contributed by atoms with Crippen molar-refractivity contribution in [2.75, 3.05) is 19.8 Å². The number of sulfonamides is 1. The minimum Gasteiger partial charge on any atom is -0.396 e. The number of aliphatic hydroxyl groups is 1. The minimum absolute atomic E-state index is 0.139. The first-order valence-corrected chi connectivity index (χ1v) is 10.9. The van der Waals surface area contributed by atoms with Crippen LogP contribution in [0.5, 0.6) is 0 Å². The quantitative estimate of drug-likeness (QED) is 0.678. The van der Waals surface area contributed by atoms with Gasteiger partial charge in [0.1, 0.15) is 0 Å². The molecular weight excluding hydrogens is 402 g/mol. The van der Waals surface area contributed by atoms with Crippen LogP contribution in [-0.4, -0.2) is 39.1 Å². The standard InChI is InChI=1S/C20H24ClNO5S/c1-15-6-8-16(9-7-15)28(24,25)22-19(17-4-2-3-5-18(17)21)14-20(10-11-23)26-12-13-27-20/h2-9,19,22-23H,10-14H2,1H3. The van der Waals surface area contributed by atoms with Gasteiger partial charge in [0.15, 0.2) is 5.79 Å². The van der Waals surface area contributed by atoms with Crippen LogP contribution in [0, 0.1) is 6.92 Å². The van der Waals surface area contributed by atoms with Gasteiger partial charge in [-0.3, -0.25) is 0 Å². The third kappa shape index (κ3) is 4.92. The zero-order valence-corrected chi connectivity index (χ0v) is 17.2. The number of rotatable bonds is 8. The molecule has 152 valence electrons. The molecule has 0 saturated carbocycles. The molecule has 0 radical (unpaired) electrons. The number of halogens is 1. The van der Waals surface area contributed by atoms with E-state index in [1.165, 1.54) is 0 Å². The summed E-state index contributed by atoms with van der Waals surface area (Å²) >= 11 is 6.36. The van der Waals surface area contributed by atoms with Gasteiger partial charge in [-0.05, 0) is 30.7 Å². The summed E-state index contributed by atoms with van der Waals surface area (Å²) in [6.45, 7) is 2.53. The molecule has 1 aliphatic rings. The first-order valence-electron chi connectivity index (χ1n) is 9.07. The van der Waals surface area contributed by atoms with E-state index in [-0.39, 0.29) is 24.3 Å². The number of hydrogen-bond donors (Lipinski definition) is 2. The van der Waals surface area contributed by atoms with Crippen LogP contribution >= 0.6 is 11.6 Å². The molecule has 2 N–H and O–H groups in total. The molecule has 2 aromatic rings. The average Bonchev–Trinajstić information content (AvgIpc) is 3.10. The van der Waals surface area contributed by atoms with E-state index >= 15 is 0 Å². The Kier molecular flexibility index (Phi) is 6.75. The van der Waals surface area contributed by atoms with Crippen molar-refractivity contribution in [3.63, 3.8) is 0 Å². The summed E-state index contributed by atoms with van der Waals surface area (Å²) in [7, 11) is -3.81. The van der Waals surface area contributed by atoms with E-state index in [0.29, 0.717) is 23.8 Å². The minimum atomic E-state index is -3.81. The summed E-state index contributed by atoms with van der Waals surface area (Å²) in [5, 5.41) is 9.88. The summed E-state index contributed by atoms with van der Waals surface area (Å²) in [6, 6.07) is 13.0. The Labute approximate surface area is 170 Å². The van der Waals surface area contributed by atoms with Crippen LogP contribution in [0.25, 0.3) is 0 Å². The van der Waals surface area contributed by atoms with Crippen LogP contribution in [0.2, 0.25) is 5.02 Å². The fraction of sp³-hybridized carbons (Fsp3) is 0.400. The van der Waals surface area contributed by atoms with Crippen molar-refractivity contribution in [3.8, 4) is 0 Å². The second-order valence-corrected chi connectivity index (χ2v) is 8.91. The fourth-order valence-corrected chi connectivity index (χ4v) is 4.77. The summed E-state index contributed by atoms with van der Waals surface area (Å²) in [4.78, 5) is 0.166. The molecular formula is C20H24ClNO5S. The lowest BCUT2D eigenvalue weighted by atomic mass is 9.97. The summed E-state index contributed by atoms with van der Waals surface area (Å²) in [5.74, 6) is -1.06. The van der Waals surface area contributed by atoms with Gasteiger partial charge in [-0.2, -0.15) is 0 Å². The SMILES string of the molecule is Cc1ccc(S(=O)(=O)NC(CC2(CCO)OCCO2)c2ccccc2Cl)cc1. The molecule has 0 aliphatic carbocycles. The maximum atomic E-state index is 13.0. The fourth-order valence-electron chi connectivity index (χ4n) is 3.29. The van der Waals surface area contributed by atoms with E-state index in [0.717, 1.165) is 5.56 Å². The summed E-state index contributed by atoms with van der Waals surface area (Å²) < 4.78 is 40.2. The van der Waals surface area contributed by atoms with Crippen molar-refractivity contribution in [1.82, 2.24) is 4.72 Å². The molecule has 1 aliphatic heterocycles. The molecule has 6 nitrogen and oxygen atoms in total. The first kappa shape index (κ1) is 21.2. The average molecular weight is 426 g/mol. The molecule has 1 fully saturated rings. The van der Waals surface area contributed by atoms with Gasteiger partial charge in [0.25, 0.3) is 0 Å². The summed E-state index contributed by atoms with van der Waals surface area (Å²) in [5.41, 5.74) is 1.59. The lowest BCUT2D eigenvalue weighted by Crippen LogP contribution is -2.39. The van der Waals surface area contributed by atoms with Gasteiger partial charge >= 0.3 is 0 Å². The van der Waals surface area contributed by atoms with E-state index < -0.39 is 21.9 Å². The molecule has 0 aromatic heterocycles. The second-order valence-electron chi connectivity index (χ2n) is 6.79. The number of aryl methyl sites for hydroxylation is 1. The van der Waals surface area contributed by atoms with Gasteiger partial charge in [0, 0.05) is 24.5 Å². The number of aliphatic hydroxyl groups excluding tert-OH is 1. The van der Waals surface area contributed by atoms with E-state index in [4.69, 9.17) is 21.1 Å². The largest absolute Gasteiger partial charge is 0.396 e. The van der Waals surface area contributed by atoms with E-state index in [9.17, 15) is 13.5 Å². The van der Waals surface area contributed by atoms with Crippen molar-refractivity contribution in [2.24, 2.45) is 0 Å². The molecule has 1 heterocycles. The van der Waals surface area contributed by atoms with E-state index in [2.05, 4.69) is 4.72 Å². The normalized spacial score (nSPS) is 17.5. The van der Waals surface area contributed by atoms with Crippen molar-refractivity contribution in [2.45, 2.75) is 36.5 Å². The van der Waals surface area contributed by atoms with Crippen molar-refractivity contribution in [3.05, 3.63) is 64.7 Å². The first-order chi connectivity index (χ1) is 13.4. The Morgan fingerprint density at radius 3 is 2.39 bits per heavy atom. The molecule has 28 heavy (non-hydrogen) atoms. The lowest BCUT2D eigenvalue weighted by Gasteiger charge is -2.32. The Morgan fingerprint density at radius 1 is 1.14 bits per heavy atom. The van der Waals surface area contributed by atoms with Crippen LogP contribution in [-0.2, 0) is 19.5 Å². The van der Waals surface area contributed by atoms with Crippen LogP contribution in [0.15, 0.2) is 53.4 Å². The Hall–Kier alpha value is -1.48. The zero-order chi connectivity index (χ0) is 20.2. The van der Waals surface area contributed by atoms with Crippen LogP contribution in [0.4, 0.5) is 0 Å². The van der Waals surface area contributed by atoms with Gasteiger partial charge in [-0.25, -0.2) is 13.1 Å². The van der Waals surface area contributed by atoms with Crippen LogP contribution in [0.3, 0.4) is 0 Å². The topological polar surface area (TPSA) is 84.9 Å². The highest BCUT2D eigenvalue weighted by Gasteiger charge is 2.40. The molecule has 8 heteroatoms. The third-order valence-corrected chi connectivity index (χ3v) is 6.56. The van der Waals surface area contributed by atoms with Gasteiger partial charge in [-0.15, -0.1) is 0 Å². The molecule has 0 bridgehead atoms. The van der Waals surface area contributed by atoms with Crippen molar-refractivity contribution in [1.29, 1.82) is 0 Å². The smallest absolute Gasteiger partial charge is 0.241 e. The Morgan fingerprint density at radius 2 is 1.79 bits per heavy atom. The molecule has 3 rings (SSSR count). The van der Waals surface area contributed by atoms with Gasteiger partial charge < -0.3 is 14.6 Å². The summed E-state index contributed by atoms with van der Waals surface area (Å²) in [6.07, 6.45) is 0.419. The third-order valence-electron chi connectivity index (χ3n) is 4.73. The van der Waals surface area contributed by atoms with Crippen molar-refractivity contribution >= 4 is 21.6 Å². The van der Waals surface area contributed by atoms with E-state index in [1.54, 1.807) is 48.5 Å². The molecule has 1 saturated heterocycles. The molecule has 0 amide bonds. The van der Waals surface area contributed by atoms with E-state index in [1.807, 2.05) is 6.92 Å². The number of ether oxygens (including phenoxy) is 2. The maximum absolute atomic E-state index is 13.0. The molecule has 2 aromatic carbocycles. The second kappa shape index (κ2) is 8.90. The van der Waals surface area contributed by atoms with Gasteiger partial charge in [0.2, 0.25) is 10.0 Å². The zero-order valence-electron chi connectivity index (χ0n) is 15.6. The Balaban J connectivity index is 1.94. The molecule has 1 unspecified atom stereocenters. The highest BCUT2D eigenvalue weighted by atomic mass is 35.5. The van der Waals surface area contributed by atoms with Gasteiger partial charge in [0.05, 0.1) is 24.2 Å². The van der Waals surface area contributed by atoms with Crippen LogP contribution < -0.4 is 4.72 Å². The van der Waals surface area contributed by atoms with Gasteiger partial charge in [-0.1, -0.05) is 47.5 Å². The predicted molar refractivity (Wildman–Crippen MR) is 107 cm³/mol. The number of hydrogen-bond acceptors (Lipinski definition) is 5. The number of benzene rings is 2. The lowest BCUT2D eigenvalue weighted by molar-refractivity contribution is -0.175. The highest BCUT2D eigenvalue weighted by molar-refractivity contribution is 7.89. The van der Waals surface area contributed by atoms with Crippen molar-refractivity contribution < 1.29 is 23.0 Å². The monoisotopic (exact) mass is 425 g/mol. The molecule has 0 spiro atoms. The number of nitrogens with one attached hydrogen (secondary N) is 1. The molecule has 1 atom stereocenters. The highest BCUT2D eigenvalue weighted by Crippen LogP contribution is 2.36.